The van der Waals surface area contributed by atoms with Crippen LogP contribution in [0.4, 0.5) is 0 Å². The molecule has 14 heavy (non-hydrogen) atoms. The van der Waals surface area contributed by atoms with Gasteiger partial charge in [-0.3, -0.25) is 4.99 Å². The van der Waals surface area contributed by atoms with E-state index in [-0.39, 0.29) is 0 Å². The molecule has 0 radical (unpaired) electrons. The van der Waals surface area contributed by atoms with Gasteiger partial charge < -0.3 is 11.5 Å². The maximum Gasteiger partial charge on any atom is 0.121 e. The third-order valence-corrected chi connectivity index (χ3v) is 2.61. The van der Waals surface area contributed by atoms with E-state index in [1.165, 1.54) is 6.20 Å². The summed E-state index contributed by atoms with van der Waals surface area (Å²) in [6.07, 6.45) is 6.40. The summed E-state index contributed by atoms with van der Waals surface area (Å²) in [6.45, 7) is 5.27. The standard InChI is InChI=1S/C11H19N3/c1-8(2)9-5-7-14-11(13)10(9)4-3-6-12/h3-4,6,8-9H,5,7,12H2,1-2H3,(H2,13,14). The van der Waals surface area contributed by atoms with Crippen LogP contribution >= 0.6 is 0 Å². The van der Waals surface area contributed by atoms with Crippen LogP contribution in [0.2, 0.25) is 0 Å². The molecule has 1 aliphatic rings. The molecule has 0 amide bonds. The van der Waals surface area contributed by atoms with Crippen LogP contribution in [0.25, 0.3) is 0 Å². The molecule has 78 valence electrons. The van der Waals surface area contributed by atoms with Gasteiger partial charge in [0.15, 0.2) is 0 Å². The maximum absolute atomic E-state index is 5.85. The lowest BCUT2D eigenvalue weighted by atomic mass is 9.83. The molecule has 0 spiro atoms. The molecule has 1 rings (SSSR count). The molecule has 3 nitrogen and oxygen atoms in total. The Morgan fingerprint density at radius 3 is 2.79 bits per heavy atom. The quantitative estimate of drug-likeness (QED) is 0.696. The van der Waals surface area contributed by atoms with Crippen molar-refractivity contribution in [2.24, 2.45) is 28.3 Å². The molecular formula is C11H19N3. The predicted molar refractivity (Wildman–Crippen MR) is 60.8 cm³/mol. The number of nitrogens with two attached hydrogens (primary N) is 2. The summed E-state index contributed by atoms with van der Waals surface area (Å²) in [5, 5.41) is 0. The zero-order valence-electron chi connectivity index (χ0n) is 8.90. The largest absolute Gasteiger partial charge is 0.405 e. The SMILES string of the molecule is CC(C)C1CCN=C(N)C1=CC=CN. The molecule has 0 aliphatic carbocycles. The third kappa shape index (κ3) is 2.37. The summed E-state index contributed by atoms with van der Waals surface area (Å²) in [7, 11) is 0. The number of hydrogen-bond donors (Lipinski definition) is 2. The van der Waals surface area contributed by atoms with Crippen molar-refractivity contribution in [2.75, 3.05) is 6.54 Å². The predicted octanol–water partition coefficient (Wildman–Crippen LogP) is 1.42. The summed E-state index contributed by atoms with van der Waals surface area (Å²) in [6, 6.07) is 0. The van der Waals surface area contributed by atoms with Crippen molar-refractivity contribution in [3.63, 3.8) is 0 Å². The Labute approximate surface area is 85.6 Å². The zero-order chi connectivity index (χ0) is 10.6. The van der Waals surface area contributed by atoms with Crippen molar-refractivity contribution in [3.8, 4) is 0 Å². The van der Waals surface area contributed by atoms with Gasteiger partial charge in [0.05, 0.1) is 0 Å². The summed E-state index contributed by atoms with van der Waals surface area (Å²) in [4.78, 5) is 4.25. The van der Waals surface area contributed by atoms with E-state index in [1.54, 1.807) is 0 Å². The number of rotatable bonds is 2. The van der Waals surface area contributed by atoms with E-state index in [0.29, 0.717) is 17.7 Å². The van der Waals surface area contributed by atoms with Gasteiger partial charge in [-0.05, 0) is 36.1 Å². The lowest BCUT2D eigenvalue weighted by Gasteiger charge is -2.26. The molecular weight excluding hydrogens is 174 g/mol. The van der Waals surface area contributed by atoms with E-state index >= 15 is 0 Å². The molecule has 1 heterocycles. The molecule has 0 aromatic rings. The molecule has 0 fully saturated rings. The van der Waals surface area contributed by atoms with Crippen molar-refractivity contribution >= 4 is 5.84 Å². The second-order valence-corrected chi connectivity index (χ2v) is 3.91. The average molecular weight is 193 g/mol. The highest BCUT2D eigenvalue weighted by Gasteiger charge is 2.23. The summed E-state index contributed by atoms with van der Waals surface area (Å²) in [5.41, 5.74) is 12.3. The summed E-state index contributed by atoms with van der Waals surface area (Å²) < 4.78 is 0. The number of nitrogens with zero attached hydrogens (tertiary/aromatic N) is 1. The zero-order valence-corrected chi connectivity index (χ0v) is 8.90. The van der Waals surface area contributed by atoms with Gasteiger partial charge in [0.2, 0.25) is 0 Å². The minimum atomic E-state index is 0.517. The van der Waals surface area contributed by atoms with Crippen molar-refractivity contribution in [1.29, 1.82) is 0 Å². The third-order valence-electron chi connectivity index (χ3n) is 2.61. The topological polar surface area (TPSA) is 64.4 Å². The van der Waals surface area contributed by atoms with Crippen LogP contribution in [-0.4, -0.2) is 12.4 Å². The lowest BCUT2D eigenvalue weighted by Crippen LogP contribution is -2.29. The van der Waals surface area contributed by atoms with Gasteiger partial charge in [0.25, 0.3) is 0 Å². The van der Waals surface area contributed by atoms with E-state index in [2.05, 4.69) is 18.8 Å². The van der Waals surface area contributed by atoms with Crippen molar-refractivity contribution in [2.45, 2.75) is 20.3 Å². The van der Waals surface area contributed by atoms with Crippen molar-refractivity contribution in [1.82, 2.24) is 0 Å². The molecule has 0 bridgehead atoms. The number of aliphatic imine (C=N–C) groups is 1. The second kappa shape index (κ2) is 4.84. The fraction of sp³-hybridized carbons (Fsp3) is 0.545. The first kappa shape index (κ1) is 10.8. The molecule has 1 atom stereocenters. The van der Waals surface area contributed by atoms with E-state index < -0.39 is 0 Å². The molecule has 1 aliphatic heterocycles. The van der Waals surface area contributed by atoms with Gasteiger partial charge in [0, 0.05) is 6.54 Å². The van der Waals surface area contributed by atoms with Crippen LogP contribution in [0.15, 0.2) is 28.9 Å². The van der Waals surface area contributed by atoms with Crippen LogP contribution in [0.3, 0.4) is 0 Å². The van der Waals surface area contributed by atoms with E-state index in [9.17, 15) is 0 Å². The molecule has 0 saturated carbocycles. The molecule has 0 aromatic heterocycles. The fourth-order valence-electron chi connectivity index (χ4n) is 1.82. The van der Waals surface area contributed by atoms with Crippen molar-refractivity contribution < 1.29 is 0 Å². The van der Waals surface area contributed by atoms with Crippen LogP contribution in [0, 0.1) is 11.8 Å². The van der Waals surface area contributed by atoms with Gasteiger partial charge in [-0.15, -0.1) is 0 Å². The van der Waals surface area contributed by atoms with Crippen LogP contribution < -0.4 is 11.5 Å². The fourth-order valence-corrected chi connectivity index (χ4v) is 1.82. The number of amidine groups is 1. The second-order valence-electron chi connectivity index (χ2n) is 3.91. The molecule has 1 unspecified atom stereocenters. The van der Waals surface area contributed by atoms with E-state index in [1.807, 2.05) is 12.2 Å². The molecule has 0 aromatic carbocycles. The minimum absolute atomic E-state index is 0.517. The highest BCUT2D eigenvalue weighted by Crippen LogP contribution is 2.27. The average Bonchev–Trinajstić information content (AvgIpc) is 2.15. The molecule has 3 heteroatoms. The maximum atomic E-state index is 5.85. The van der Waals surface area contributed by atoms with Gasteiger partial charge >= 0.3 is 0 Å². The Hall–Kier alpha value is -1.25. The smallest absolute Gasteiger partial charge is 0.121 e. The molecule has 4 N–H and O–H groups in total. The number of allylic oxidation sites excluding steroid dienone is 2. The van der Waals surface area contributed by atoms with Crippen molar-refractivity contribution in [3.05, 3.63) is 23.9 Å². The van der Waals surface area contributed by atoms with E-state index in [0.717, 1.165) is 18.5 Å². The normalized spacial score (nSPS) is 26.1. The van der Waals surface area contributed by atoms with Crippen LogP contribution in [0.1, 0.15) is 20.3 Å². The highest BCUT2D eigenvalue weighted by atomic mass is 14.9. The summed E-state index contributed by atoms with van der Waals surface area (Å²) >= 11 is 0. The van der Waals surface area contributed by atoms with Gasteiger partial charge in [-0.25, -0.2) is 0 Å². The van der Waals surface area contributed by atoms with Crippen LogP contribution in [0.5, 0.6) is 0 Å². The Balaban J connectivity index is 2.92. The van der Waals surface area contributed by atoms with E-state index in [4.69, 9.17) is 11.5 Å². The Kier molecular flexibility index (Phi) is 3.74. The minimum Gasteiger partial charge on any atom is -0.405 e. The Bertz CT molecular complexity index is 274. The Morgan fingerprint density at radius 2 is 2.21 bits per heavy atom. The highest BCUT2D eigenvalue weighted by molar-refractivity contribution is 5.98. The van der Waals surface area contributed by atoms with Gasteiger partial charge in [0.1, 0.15) is 5.84 Å². The van der Waals surface area contributed by atoms with Gasteiger partial charge in [-0.2, -0.15) is 0 Å². The number of hydrogen-bond acceptors (Lipinski definition) is 3. The van der Waals surface area contributed by atoms with Gasteiger partial charge in [-0.1, -0.05) is 19.9 Å². The summed E-state index contributed by atoms with van der Waals surface area (Å²) in [5.74, 6) is 1.79. The molecule has 0 saturated heterocycles. The monoisotopic (exact) mass is 193 g/mol. The van der Waals surface area contributed by atoms with Crippen LogP contribution in [-0.2, 0) is 0 Å². The Morgan fingerprint density at radius 1 is 1.50 bits per heavy atom. The first-order valence-corrected chi connectivity index (χ1v) is 5.05. The first-order valence-electron chi connectivity index (χ1n) is 5.05. The lowest BCUT2D eigenvalue weighted by molar-refractivity contribution is 0.422. The first-order chi connectivity index (χ1) is 6.66.